The van der Waals surface area contributed by atoms with Crippen LogP contribution in [0.2, 0.25) is 0 Å². The van der Waals surface area contributed by atoms with E-state index in [9.17, 15) is 5.11 Å². The standard InChI is InChI=1S/C13H27NO4/c1-16-10-13(17-2)8-14-7-11(15)9-18-12-5-3-4-6-12/h11-15H,3-10H2,1-2H3. The molecule has 5 heteroatoms. The molecule has 0 radical (unpaired) electrons. The lowest BCUT2D eigenvalue weighted by molar-refractivity contribution is -0.00897. The van der Waals surface area contributed by atoms with Gasteiger partial charge in [-0.25, -0.2) is 0 Å². The molecule has 5 nitrogen and oxygen atoms in total. The predicted molar refractivity (Wildman–Crippen MR) is 69.8 cm³/mol. The third kappa shape index (κ3) is 6.66. The summed E-state index contributed by atoms with van der Waals surface area (Å²) in [5, 5.41) is 12.9. The molecule has 1 saturated carbocycles. The maximum absolute atomic E-state index is 9.77. The van der Waals surface area contributed by atoms with Crippen LogP contribution < -0.4 is 5.32 Å². The van der Waals surface area contributed by atoms with Crippen molar-refractivity contribution in [2.24, 2.45) is 0 Å². The normalized spacial score (nSPS) is 20.2. The SMILES string of the molecule is COCC(CNCC(O)COC1CCCC1)OC. The number of hydrogen-bond acceptors (Lipinski definition) is 5. The van der Waals surface area contributed by atoms with Gasteiger partial charge in [-0.2, -0.15) is 0 Å². The van der Waals surface area contributed by atoms with Gasteiger partial charge in [-0.05, 0) is 12.8 Å². The molecule has 0 aromatic carbocycles. The Morgan fingerprint density at radius 1 is 1.17 bits per heavy atom. The van der Waals surface area contributed by atoms with E-state index in [-0.39, 0.29) is 6.10 Å². The fourth-order valence-electron chi connectivity index (χ4n) is 2.17. The second-order valence-corrected chi connectivity index (χ2v) is 4.86. The van der Waals surface area contributed by atoms with Crippen LogP contribution in [0.5, 0.6) is 0 Å². The minimum Gasteiger partial charge on any atom is -0.389 e. The fourth-order valence-corrected chi connectivity index (χ4v) is 2.17. The molecule has 0 aromatic heterocycles. The van der Waals surface area contributed by atoms with Crippen LogP contribution in [0.4, 0.5) is 0 Å². The van der Waals surface area contributed by atoms with Crippen LogP contribution >= 0.6 is 0 Å². The van der Waals surface area contributed by atoms with Crippen molar-refractivity contribution in [2.75, 3.05) is 40.5 Å². The largest absolute Gasteiger partial charge is 0.389 e. The highest BCUT2D eigenvalue weighted by molar-refractivity contribution is 4.69. The van der Waals surface area contributed by atoms with Gasteiger partial charge in [0.05, 0.1) is 31.5 Å². The van der Waals surface area contributed by atoms with E-state index in [4.69, 9.17) is 14.2 Å². The molecule has 0 bridgehead atoms. The lowest BCUT2D eigenvalue weighted by atomic mass is 10.3. The first kappa shape index (κ1) is 15.9. The van der Waals surface area contributed by atoms with Gasteiger partial charge in [0.2, 0.25) is 0 Å². The zero-order valence-electron chi connectivity index (χ0n) is 11.6. The first-order valence-corrected chi connectivity index (χ1v) is 6.78. The second kappa shape index (κ2) is 9.69. The molecule has 2 N–H and O–H groups in total. The van der Waals surface area contributed by atoms with Gasteiger partial charge in [0, 0.05) is 27.3 Å². The third-order valence-electron chi connectivity index (χ3n) is 3.26. The highest BCUT2D eigenvalue weighted by atomic mass is 16.5. The van der Waals surface area contributed by atoms with Crippen LogP contribution in [-0.4, -0.2) is 63.9 Å². The lowest BCUT2D eigenvalue weighted by Crippen LogP contribution is -2.38. The van der Waals surface area contributed by atoms with E-state index in [1.54, 1.807) is 14.2 Å². The molecule has 1 aliphatic carbocycles. The minimum atomic E-state index is -0.453. The number of hydrogen-bond donors (Lipinski definition) is 2. The molecule has 108 valence electrons. The van der Waals surface area contributed by atoms with Gasteiger partial charge in [-0.3, -0.25) is 0 Å². The van der Waals surface area contributed by atoms with Gasteiger partial charge in [0.1, 0.15) is 0 Å². The predicted octanol–water partition coefficient (Wildman–Crippen LogP) is 0.558. The molecular weight excluding hydrogens is 234 g/mol. The molecule has 18 heavy (non-hydrogen) atoms. The van der Waals surface area contributed by atoms with E-state index >= 15 is 0 Å². The number of aliphatic hydroxyl groups excluding tert-OH is 1. The minimum absolute atomic E-state index is 0.0259. The fraction of sp³-hybridized carbons (Fsp3) is 1.00. The number of rotatable bonds is 10. The molecule has 1 rings (SSSR count). The van der Waals surface area contributed by atoms with Crippen molar-refractivity contribution in [3.63, 3.8) is 0 Å². The van der Waals surface area contributed by atoms with Gasteiger partial charge in [-0.1, -0.05) is 12.8 Å². The van der Waals surface area contributed by atoms with Gasteiger partial charge in [-0.15, -0.1) is 0 Å². The molecule has 0 amide bonds. The van der Waals surface area contributed by atoms with Crippen LogP contribution in [0.3, 0.4) is 0 Å². The Morgan fingerprint density at radius 2 is 1.89 bits per heavy atom. The van der Waals surface area contributed by atoms with Crippen molar-refractivity contribution < 1.29 is 19.3 Å². The number of aliphatic hydroxyl groups is 1. The quantitative estimate of drug-likeness (QED) is 0.602. The monoisotopic (exact) mass is 261 g/mol. The Balaban J connectivity index is 1.99. The molecule has 2 unspecified atom stereocenters. The molecule has 2 atom stereocenters. The molecule has 0 heterocycles. The first-order chi connectivity index (χ1) is 8.76. The third-order valence-corrected chi connectivity index (χ3v) is 3.26. The number of ether oxygens (including phenoxy) is 3. The van der Waals surface area contributed by atoms with Crippen molar-refractivity contribution in [1.82, 2.24) is 5.32 Å². The Kier molecular flexibility index (Phi) is 8.54. The van der Waals surface area contributed by atoms with Gasteiger partial charge >= 0.3 is 0 Å². The molecule has 0 aromatic rings. The van der Waals surface area contributed by atoms with E-state index in [0.717, 1.165) is 12.8 Å². The summed E-state index contributed by atoms with van der Waals surface area (Å²) in [6.07, 6.45) is 4.72. The maximum Gasteiger partial charge on any atom is 0.0928 e. The maximum atomic E-state index is 9.77. The van der Waals surface area contributed by atoms with Crippen molar-refractivity contribution in [1.29, 1.82) is 0 Å². The molecular formula is C13H27NO4. The Morgan fingerprint density at radius 3 is 2.50 bits per heavy atom. The summed E-state index contributed by atoms with van der Waals surface area (Å²) in [5.74, 6) is 0. The summed E-state index contributed by atoms with van der Waals surface area (Å²) in [4.78, 5) is 0. The number of methoxy groups -OCH3 is 2. The Bertz CT molecular complexity index is 197. The summed E-state index contributed by atoms with van der Waals surface area (Å²) in [5.41, 5.74) is 0. The smallest absolute Gasteiger partial charge is 0.0928 e. The Hall–Kier alpha value is -0.200. The van der Waals surface area contributed by atoms with Crippen molar-refractivity contribution >= 4 is 0 Å². The van der Waals surface area contributed by atoms with Crippen LogP contribution in [0.1, 0.15) is 25.7 Å². The highest BCUT2D eigenvalue weighted by Crippen LogP contribution is 2.20. The van der Waals surface area contributed by atoms with Crippen molar-refractivity contribution in [3.8, 4) is 0 Å². The van der Waals surface area contributed by atoms with E-state index in [1.165, 1.54) is 12.8 Å². The second-order valence-electron chi connectivity index (χ2n) is 4.86. The first-order valence-electron chi connectivity index (χ1n) is 6.78. The van der Waals surface area contributed by atoms with Crippen molar-refractivity contribution in [2.45, 2.75) is 44.0 Å². The van der Waals surface area contributed by atoms with Crippen LogP contribution in [0, 0.1) is 0 Å². The summed E-state index contributed by atoms with van der Waals surface area (Å²) in [6.45, 7) is 2.17. The summed E-state index contributed by atoms with van der Waals surface area (Å²) < 4.78 is 15.9. The van der Waals surface area contributed by atoms with Crippen molar-refractivity contribution in [3.05, 3.63) is 0 Å². The highest BCUT2D eigenvalue weighted by Gasteiger charge is 2.17. The van der Waals surface area contributed by atoms with Gasteiger partial charge in [0.15, 0.2) is 0 Å². The summed E-state index contributed by atoms with van der Waals surface area (Å²) >= 11 is 0. The average molecular weight is 261 g/mol. The van der Waals surface area contributed by atoms with Gasteiger partial charge in [0.25, 0.3) is 0 Å². The zero-order chi connectivity index (χ0) is 13.2. The van der Waals surface area contributed by atoms with Crippen LogP contribution in [0.25, 0.3) is 0 Å². The zero-order valence-corrected chi connectivity index (χ0v) is 11.6. The average Bonchev–Trinajstić information content (AvgIpc) is 2.88. The summed E-state index contributed by atoms with van der Waals surface area (Å²) in [7, 11) is 3.31. The van der Waals surface area contributed by atoms with Gasteiger partial charge < -0.3 is 24.6 Å². The Labute approximate surface area is 110 Å². The van der Waals surface area contributed by atoms with E-state index in [1.807, 2.05) is 0 Å². The summed E-state index contributed by atoms with van der Waals surface area (Å²) in [6, 6.07) is 0. The lowest BCUT2D eigenvalue weighted by Gasteiger charge is -2.18. The topological polar surface area (TPSA) is 60.0 Å². The van der Waals surface area contributed by atoms with Crippen LogP contribution in [-0.2, 0) is 14.2 Å². The molecule has 1 fully saturated rings. The number of nitrogens with one attached hydrogen (secondary N) is 1. The van der Waals surface area contributed by atoms with E-state index in [2.05, 4.69) is 5.32 Å². The van der Waals surface area contributed by atoms with Crippen LogP contribution in [0.15, 0.2) is 0 Å². The molecule has 1 aliphatic rings. The molecule has 0 aliphatic heterocycles. The molecule has 0 spiro atoms. The van der Waals surface area contributed by atoms with E-state index in [0.29, 0.717) is 32.4 Å². The van der Waals surface area contributed by atoms with E-state index < -0.39 is 6.10 Å². The molecule has 0 saturated heterocycles.